The molecule has 0 radical (unpaired) electrons. The molecule has 6 heteroatoms. The molecule has 1 amide bonds. The number of rotatable bonds is 3. The van der Waals surface area contributed by atoms with Crippen LogP contribution in [0.5, 0.6) is 0 Å². The molecule has 0 atom stereocenters. The molecule has 2 aromatic rings. The average Bonchev–Trinajstić information content (AvgIpc) is 2.78. The molecule has 1 heterocycles. The second-order valence-corrected chi connectivity index (χ2v) is 6.09. The number of hydrogen-bond donors (Lipinski definition) is 0. The van der Waals surface area contributed by atoms with Crippen molar-refractivity contribution in [3.8, 4) is 0 Å². The summed E-state index contributed by atoms with van der Waals surface area (Å²) in [6.07, 6.45) is 1.63. The Hall–Kier alpha value is -1.42. The van der Waals surface area contributed by atoms with E-state index in [0.29, 0.717) is 9.71 Å². The van der Waals surface area contributed by atoms with Crippen LogP contribution in [-0.2, 0) is 4.79 Å². The van der Waals surface area contributed by atoms with Gasteiger partial charge in [-0.25, -0.2) is 0 Å². The van der Waals surface area contributed by atoms with E-state index in [9.17, 15) is 4.79 Å². The first-order valence-corrected chi connectivity index (χ1v) is 7.81. The molecule has 19 heavy (non-hydrogen) atoms. The number of hydrogen-bond acceptors (Lipinski definition) is 3. The van der Waals surface area contributed by atoms with Crippen LogP contribution in [0.25, 0.3) is 0 Å². The molecule has 0 aliphatic heterocycles. The quantitative estimate of drug-likeness (QED) is 0.489. The van der Waals surface area contributed by atoms with Crippen LogP contribution >= 0.6 is 11.6 Å². The summed E-state index contributed by atoms with van der Waals surface area (Å²) in [7, 11) is 0. The topological polar surface area (TPSA) is 45.6 Å². The SMILES string of the molecule is CC(=O)N(/N=C/c1ccc(Cl)cc1)c1nc(C)c[se]1. The second-order valence-electron chi connectivity index (χ2n) is 3.90. The predicted molar refractivity (Wildman–Crippen MR) is 78.1 cm³/mol. The molecule has 1 aromatic carbocycles. The Labute approximate surface area is 122 Å². The number of hydrazone groups is 1. The Morgan fingerprint density at radius 3 is 2.63 bits per heavy atom. The Bertz CT molecular complexity index is 607. The van der Waals surface area contributed by atoms with Crippen LogP contribution < -0.4 is 5.01 Å². The van der Waals surface area contributed by atoms with Crippen LogP contribution in [0, 0.1) is 6.92 Å². The van der Waals surface area contributed by atoms with E-state index >= 15 is 0 Å². The molecule has 0 fully saturated rings. The summed E-state index contributed by atoms with van der Waals surface area (Å²) in [5.41, 5.74) is 1.81. The molecule has 0 bridgehead atoms. The average molecular weight is 341 g/mol. The van der Waals surface area contributed by atoms with Gasteiger partial charge in [0.1, 0.15) is 0 Å². The van der Waals surface area contributed by atoms with E-state index in [1.807, 2.05) is 24.0 Å². The number of carbonyl (C=O) groups is 1. The summed E-state index contributed by atoms with van der Waals surface area (Å²) in [5.74, 6) is -0.145. The molecule has 1 aromatic heterocycles. The van der Waals surface area contributed by atoms with Gasteiger partial charge in [0.05, 0.1) is 0 Å². The number of anilines is 1. The van der Waals surface area contributed by atoms with Gasteiger partial charge in [0.2, 0.25) is 0 Å². The fourth-order valence-corrected chi connectivity index (χ4v) is 3.18. The van der Waals surface area contributed by atoms with E-state index in [-0.39, 0.29) is 20.4 Å². The molecular weight excluding hydrogens is 329 g/mol. The van der Waals surface area contributed by atoms with Crippen LogP contribution in [0.4, 0.5) is 4.69 Å². The van der Waals surface area contributed by atoms with Crippen LogP contribution in [0.2, 0.25) is 5.02 Å². The van der Waals surface area contributed by atoms with Crippen LogP contribution in [0.1, 0.15) is 18.2 Å². The van der Waals surface area contributed by atoms with Crippen LogP contribution in [-0.4, -0.2) is 31.6 Å². The summed E-state index contributed by atoms with van der Waals surface area (Å²) in [5, 5.41) is 6.23. The Morgan fingerprint density at radius 2 is 2.11 bits per heavy atom. The number of aromatic nitrogens is 1. The van der Waals surface area contributed by atoms with Gasteiger partial charge in [0, 0.05) is 0 Å². The molecule has 2 rings (SSSR count). The fourth-order valence-electron chi connectivity index (χ4n) is 1.38. The van der Waals surface area contributed by atoms with Gasteiger partial charge in [-0.05, 0) is 0 Å². The van der Waals surface area contributed by atoms with Gasteiger partial charge < -0.3 is 0 Å². The third-order valence-corrected chi connectivity index (χ3v) is 4.49. The number of carbonyl (C=O) groups excluding carboxylic acids is 1. The number of halogens is 1. The van der Waals surface area contributed by atoms with Crippen molar-refractivity contribution in [1.29, 1.82) is 0 Å². The molecule has 0 aliphatic carbocycles. The van der Waals surface area contributed by atoms with Gasteiger partial charge in [0.15, 0.2) is 0 Å². The molecule has 4 nitrogen and oxygen atoms in total. The van der Waals surface area contributed by atoms with Gasteiger partial charge in [0.25, 0.3) is 0 Å². The van der Waals surface area contributed by atoms with Crippen molar-refractivity contribution in [1.82, 2.24) is 4.98 Å². The Kier molecular flexibility index (Phi) is 4.53. The number of amides is 1. The van der Waals surface area contributed by atoms with Gasteiger partial charge in [-0.2, -0.15) is 0 Å². The first-order valence-electron chi connectivity index (χ1n) is 5.58. The van der Waals surface area contributed by atoms with E-state index in [4.69, 9.17) is 11.6 Å². The van der Waals surface area contributed by atoms with Gasteiger partial charge >= 0.3 is 122 Å². The molecule has 0 N–H and O–H groups in total. The molecule has 0 unspecified atom stereocenters. The normalized spacial score (nSPS) is 10.9. The molecule has 0 saturated heterocycles. The summed E-state index contributed by atoms with van der Waals surface area (Å²) in [6.45, 7) is 3.39. The third-order valence-electron chi connectivity index (χ3n) is 2.28. The van der Waals surface area contributed by atoms with Crippen molar-refractivity contribution >= 4 is 42.9 Å². The molecule has 0 aliphatic rings. The number of benzene rings is 1. The van der Waals surface area contributed by atoms with Gasteiger partial charge in [-0.3, -0.25) is 0 Å². The summed E-state index contributed by atoms with van der Waals surface area (Å²) >= 11 is 5.87. The standard InChI is InChI=1S/C13H12ClN3OSe/c1-9-8-19-13(16-9)17(10(2)18)15-7-11-3-5-12(14)6-4-11/h3-8H,1-2H3/b15-7+. The van der Waals surface area contributed by atoms with Crippen molar-refractivity contribution in [3.05, 3.63) is 45.5 Å². The molecule has 98 valence electrons. The van der Waals surface area contributed by atoms with Crippen LogP contribution in [0.15, 0.2) is 34.3 Å². The minimum atomic E-state index is -0.145. The zero-order chi connectivity index (χ0) is 13.8. The van der Waals surface area contributed by atoms with E-state index in [1.165, 1.54) is 11.9 Å². The van der Waals surface area contributed by atoms with Crippen LogP contribution in [0.3, 0.4) is 0 Å². The second kappa shape index (κ2) is 6.15. The number of aryl methyl sites for hydroxylation is 1. The summed E-state index contributed by atoms with van der Waals surface area (Å²) in [6, 6.07) is 7.25. The monoisotopic (exact) mass is 341 g/mol. The summed E-state index contributed by atoms with van der Waals surface area (Å²) < 4.78 is 0.711. The first kappa shape index (κ1) is 14.0. The third kappa shape index (κ3) is 3.77. The van der Waals surface area contributed by atoms with E-state index in [1.54, 1.807) is 18.3 Å². The molecular formula is C13H12ClN3OSe. The van der Waals surface area contributed by atoms with Gasteiger partial charge in [-0.15, -0.1) is 0 Å². The van der Waals surface area contributed by atoms with Crippen molar-refractivity contribution in [3.63, 3.8) is 0 Å². The molecule has 0 saturated carbocycles. The van der Waals surface area contributed by atoms with Gasteiger partial charge in [-0.1, -0.05) is 0 Å². The minimum absolute atomic E-state index is 0.0626. The van der Waals surface area contributed by atoms with E-state index in [2.05, 4.69) is 10.1 Å². The zero-order valence-corrected chi connectivity index (χ0v) is 13.0. The number of nitrogens with zero attached hydrogens (tertiary/aromatic N) is 3. The van der Waals surface area contributed by atoms with E-state index in [0.717, 1.165) is 11.3 Å². The maximum atomic E-state index is 11.6. The molecule has 0 spiro atoms. The summed E-state index contributed by atoms with van der Waals surface area (Å²) in [4.78, 5) is 17.9. The van der Waals surface area contributed by atoms with Crippen molar-refractivity contribution in [2.45, 2.75) is 13.8 Å². The van der Waals surface area contributed by atoms with Crippen molar-refractivity contribution < 1.29 is 4.79 Å². The fraction of sp³-hybridized carbons (Fsp3) is 0.154. The Morgan fingerprint density at radius 1 is 1.42 bits per heavy atom. The Balaban J connectivity index is 2.22. The van der Waals surface area contributed by atoms with Crippen molar-refractivity contribution in [2.24, 2.45) is 5.10 Å². The predicted octanol–water partition coefficient (Wildman–Crippen LogP) is 2.49. The first-order chi connectivity index (χ1) is 9.06. The van der Waals surface area contributed by atoms with E-state index < -0.39 is 0 Å². The van der Waals surface area contributed by atoms with Crippen molar-refractivity contribution in [2.75, 3.05) is 5.01 Å². The zero-order valence-electron chi connectivity index (χ0n) is 10.5. The maximum absolute atomic E-state index is 11.6.